The summed E-state index contributed by atoms with van der Waals surface area (Å²) in [4.78, 5) is 0. The molecular formula is C11H20N4O. The predicted octanol–water partition coefficient (Wildman–Crippen LogP) is 0.801. The molecule has 1 saturated heterocycles. The quantitative estimate of drug-likeness (QED) is 0.821. The second kappa shape index (κ2) is 5.43. The summed E-state index contributed by atoms with van der Waals surface area (Å²) in [6.45, 7) is 8.58. The smallest absolute Gasteiger partial charge is 0.0776 e. The van der Waals surface area contributed by atoms with Gasteiger partial charge in [-0.05, 0) is 19.9 Å². The average Bonchev–Trinajstić information content (AvgIpc) is 2.76. The number of nitrogens with zero attached hydrogens (tertiary/aromatic N) is 3. The highest BCUT2D eigenvalue weighted by atomic mass is 16.5. The Bertz CT molecular complexity index is 318. The minimum absolute atomic E-state index is 0.428. The van der Waals surface area contributed by atoms with Crippen molar-refractivity contribution in [3.05, 3.63) is 18.0 Å². The van der Waals surface area contributed by atoms with Crippen LogP contribution in [0.1, 0.15) is 25.6 Å². The minimum atomic E-state index is 0.428. The van der Waals surface area contributed by atoms with Gasteiger partial charge < -0.3 is 4.74 Å². The van der Waals surface area contributed by atoms with Crippen LogP contribution in [0.4, 0.5) is 0 Å². The summed E-state index contributed by atoms with van der Waals surface area (Å²) in [7, 11) is 0. The molecule has 2 rings (SSSR count). The summed E-state index contributed by atoms with van der Waals surface area (Å²) in [6, 6.07) is 2.49. The van der Waals surface area contributed by atoms with Crippen LogP contribution in [0.5, 0.6) is 0 Å². The maximum atomic E-state index is 5.29. The zero-order valence-corrected chi connectivity index (χ0v) is 10.0. The van der Waals surface area contributed by atoms with E-state index in [4.69, 9.17) is 4.74 Å². The van der Waals surface area contributed by atoms with E-state index in [0.29, 0.717) is 6.04 Å². The summed E-state index contributed by atoms with van der Waals surface area (Å²) in [5, 5.41) is 6.68. The Morgan fingerprint density at radius 3 is 2.81 bits per heavy atom. The topological polar surface area (TPSA) is 42.3 Å². The van der Waals surface area contributed by atoms with E-state index in [2.05, 4.69) is 35.4 Å². The van der Waals surface area contributed by atoms with Crippen LogP contribution in [0.2, 0.25) is 0 Å². The molecule has 0 unspecified atom stereocenters. The van der Waals surface area contributed by atoms with E-state index in [9.17, 15) is 0 Å². The fourth-order valence-electron chi connectivity index (χ4n) is 1.67. The van der Waals surface area contributed by atoms with Crippen molar-refractivity contribution in [3.63, 3.8) is 0 Å². The van der Waals surface area contributed by atoms with Crippen molar-refractivity contribution in [1.82, 2.24) is 20.2 Å². The Kier molecular flexibility index (Phi) is 3.93. The zero-order valence-electron chi connectivity index (χ0n) is 10.0. The zero-order chi connectivity index (χ0) is 11.4. The van der Waals surface area contributed by atoms with Gasteiger partial charge >= 0.3 is 0 Å². The first-order valence-electron chi connectivity index (χ1n) is 5.86. The summed E-state index contributed by atoms with van der Waals surface area (Å²) < 4.78 is 7.27. The molecule has 0 amide bonds. The molecule has 0 bridgehead atoms. The second-order valence-corrected chi connectivity index (χ2v) is 4.32. The first kappa shape index (κ1) is 11.6. The Balaban J connectivity index is 1.79. The molecule has 0 aromatic carbocycles. The third-order valence-corrected chi connectivity index (χ3v) is 2.69. The normalized spacial score (nSPS) is 18.2. The third kappa shape index (κ3) is 3.04. The molecule has 1 fully saturated rings. The lowest BCUT2D eigenvalue weighted by molar-refractivity contribution is 0.0103. The number of rotatable bonds is 4. The van der Waals surface area contributed by atoms with Gasteiger partial charge in [0.2, 0.25) is 0 Å². The molecule has 1 aromatic rings. The molecule has 1 aromatic heterocycles. The standard InChI is InChI=1S/C11H20N4O/c1-10(2)15-4-3-11(13-15)9-12-14-5-7-16-8-6-14/h3-4,10,12H,5-9H2,1-2H3. The maximum Gasteiger partial charge on any atom is 0.0776 e. The van der Waals surface area contributed by atoms with Gasteiger partial charge in [0.25, 0.3) is 0 Å². The van der Waals surface area contributed by atoms with E-state index in [0.717, 1.165) is 38.5 Å². The van der Waals surface area contributed by atoms with Gasteiger partial charge in [-0.1, -0.05) is 0 Å². The lowest BCUT2D eigenvalue weighted by atomic mass is 10.4. The van der Waals surface area contributed by atoms with E-state index in [1.54, 1.807) is 0 Å². The fourth-order valence-corrected chi connectivity index (χ4v) is 1.67. The van der Waals surface area contributed by atoms with E-state index in [-0.39, 0.29) is 0 Å². The summed E-state index contributed by atoms with van der Waals surface area (Å²) in [5.41, 5.74) is 4.45. The molecule has 0 radical (unpaired) electrons. The van der Waals surface area contributed by atoms with Crippen LogP contribution < -0.4 is 5.43 Å². The molecule has 90 valence electrons. The summed E-state index contributed by atoms with van der Waals surface area (Å²) in [5.74, 6) is 0. The Labute approximate surface area is 96.3 Å². The maximum absolute atomic E-state index is 5.29. The van der Waals surface area contributed by atoms with Gasteiger partial charge in [0.05, 0.1) is 25.5 Å². The van der Waals surface area contributed by atoms with Crippen LogP contribution in [0.15, 0.2) is 12.3 Å². The van der Waals surface area contributed by atoms with Gasteiger partial charge in [-0.3, -0.25) is 4.68 Å². The molecule has 1 aliphatic rings. The van der Waals surface area contributed by atoms with E-state index < -0.39 is 0 Å². The van der Waals surface area contributed by atoms with Gasteiger partial charge in [-0.15, -0.1) is 0 Å². The van der Waals surface area contributed by atoms with Gasteiger partial charge in [-0.2, -0.15) is 5.10 Å². The number of hydrogen-bond donors (Lipinski definition) is 1. The predicted molar refractivity (Wildman–Crippen MR) is 61.8 cm³/mol. The molecule has 0 atom stereocenters. The molecule has 0 saturated carbocycles. The first-order valence-corrected chi connectivity index (χ1v) is 5.86. The Morgan fingerprint density at radius 2 is 2.19 bits per heavy atom. The van der Waals surface area contributed by atoms with Crippen molar-refractivity contribution >= 4 is 0 Å². The minimum Gasteiger partial charge on any atom is -0.379 e. The average molecular weight is 224 g/mol. The molecule has 2 heterocycles. The number of hydrazine groups is 1. The molecule has 1 aliphatic heterocycles. The van der Waals surface area contributed by atoms with Crippen molar-refractivity contribution < 1.29 is 4.74 Å². The highest BCUT2D eigenvalue weighted by Gasteiger charge is 2.10. The highest BCUT2D eigenvalue weighted by Crippen LogP contribution is 2.04. The first-order chi connectivity index (χ1) is 7.75. The Morgan fingerprint density at radius 1 is 1.44 bits per heavy atom. The van der Waals surface area contributed by atoms with Crippen molar-refractivity contribution in [2.45, 2.75) is 26.4 Å². The molecule has 0 aliphatic carbocycles. The van der Waals surface area contributed by atoms with Gasteiger partial charge in [0.1, 0.15) is 0 Å². The van der Waals surface area contributed by atoms with Crippen LogP contribution in [0.3, 0.4) is 0 Å². The van der Waals surface area contributed by atoms with Crippen molar-refractivity contribution in [3.8, 4) is 0 Å². The molecule has 5 nitrogen and oxygen atoms in total. The number of morpholine rings is 1. The van der Waals surface area contributed by atoms with Crippen molar-refractivity contribution in [2.75, 3.05) is 26.3 Å². The molecule has 16 heavy (non-hydrogen) atoms. The van der Waals surface area contributed by atoms with Gasteiger partial charge in [-0.25, -0.2) is 10.4 Å². The summed E-state index contributed by atoms with van der Waals surface area (Å²) in [6.07, 6.45) is 2.03. The molecule has 5 heteroatoms. The molecule has 0 spiro atoms. The van der Waals surface area contributed by atoms with Crippen molar-refractivity contribution in [1.29, 1.82) is 0 Å². The number of nitrogens with one attached hydrogen (secondary N) is 1. The number of ether oxygens (including phenoxy) is 1. The highest BCUT2D eigenvalue weighted by molar-refractivity contribution is 4.98. The van der Waals surface area contributed by atoms with E-state index >= 15 is 0 Å². The van der Waals surface area contributed by atoms with E-state index in [1.807, 2.05) is 10.9 Å². The summed E-state index contributed by atoms with van der Waals surface area (Å²) >= 11 is 0. The van der Waals surface area contributed by atoms with Crippen LogP contribution in [-0.4, -0.2) is 41.1 Å². The second-order valence-electron chi connectivity index (χ2n) is 4.32. The monoisotopic (exact) mass is 224 g/mol. The third-order valence-electron chi connectivity index (χ3n) is 2.69. The van der Waals surface area contributed by atoms with E-state index in [1.165, 1.54) is 0 Å². The fraction of sp³-hybridized carbons (Fsp3) is 0.727. The largest absolute Gasteiger partial charge is 0.379 e. The number of aromatic nitrogens is 2. The lowest BCUT2D eigenvalue weighted by Gasteiger charge is -2.26. The number of hydrogen-bond acceptors (Lipinski definition) is 4. The molecular weight excluding hydrogens is 204 g/mol. The van der Waals surface area contributed by atoms with Gasteiger partial charge in [0.15, 0.2) is 0 Å². The molecule has 1 N–H and O–H groups in total. The van der Waals surface area contributed by atoms with Gasteiger partial charge in [0, 0.05) is 25.3 Å². The van der Waals surface area contributed by atoms with Crippen LogP contribution >= 0.6 is 0 Å². The lowest BCUT2D eigenvalue weighted by Crippen LogP contribution is -2.45. The van der Waals surface area contributed by atoms with Crippen LogP contribution in [0.25, 0.3) is 0 Å². The van der Waals surface area contributed by atoms with Crippen LogP contribution in [-0.2, 0) is 11.3 Å². The van der Waals surface area contributed by atoms with Crippen molar-refractivity contribution in [2.24, 2.45) is 0 Å². The SMILES string of the molecule is CC(C)n1ccc(CNN2CCOCC2)n1. The Hall–Kier alpha value is -0.910. The van der Waals surface area contributed by atoms with Crippen LogP contribution in [0, 0.1) is 0 Å².